The summed E-state index contributed by atoms with van der Waals surface area (Å²) >= 11 is 0. The fourth-order valence-corrected chi connectivity index (χ4v) is 2.38. The molecule has 0 aliphatic heterocycles. The van der Waals surface area contributed by atoms with Gasteiger partial charge in [-0.05, 0) is 25.1 Å². The molecule has 0 bridgehead atoms. The third kappa shape index (κ3) is 2.75. The van der Waals surface area contributed by atoms with Gasteiger partial charge in [-0.25, -0.2) is 4.68 Å². The molecule has 3 aromatic rings. The third-order valence-corrected chi connectivity index (χ3v) is 3.71. The molecule has 120 valence electrons. The molecule has 1 unspecified atom stereocenters. The van der Waals surface area contributed by atoms with Crippen LogP contribution >= 0.6 is 0 Å². The molecule has 0 aliphatic rings. The van der Waals surface area contributed by atoms with Gasteiger partial charge < -0.3 is 14.0 Å². The number of hydrogen-bond donors (Lipinski definition) is 0. The van der Waals surface area contributed by atoms with Crippen molar-refractivity contribution in [3.63, 3.8) is 0 Å². The number of nitrogens with zero attached hydrogens (tertiary/aromatic N) is 6. The van der Waals surface area contributed by atoms with Crippen molar-refractivity contribution in [2.45, 2.75) is 13.0 Å². The quantitative estimate of drug-likeness (QED) is 0.713. The maximum Gasteiger partial charge on any atom is 0.161 e. The Balaban J connectivity index is 1.91. The zero-order valence-corrected chi connectivity index (χ0v) is 13.5. The standard InChI is InChI=1S/C15H18N6O2/c1-10(15-18-16-9-20(15)2)21-8-12(17-19-21)11-5-6-13(22-3)14(7-11)23-4/h5-10H,1-4H3. The van der Waals surface area contributed by atoms with E-state index in [-0.39, 0.29) is 6.04 Å². The zero-order chi connectivity index (χ0) is 16.4. The van der Waals surface area contributed by atoms with Gasteiger partial charge in [-0.1, -0.05) is 5.21 Å². The third-order valence-electron chi connectivity index (χ3n) is 3.71. The first-order valence-electron chi connectivity index (χ1n) is 7.12. The summed E-state index contributed by atoms with van der Waals surface area (Å²) < 4.78 is 14.2. The smallest absolute Gasteiger partial charge is 0.161 e. The molecule has 0 saturated heterocycles. The molecular weight excluding hydrogens is 296 g/mol. The second-order valence-corrected chi connectivity index (χ2v) is 5.13. The Morgan fingerprint density at radius 2 is 1.87 bits per heavy atom. The fourth-order valence-electron chi connectivity index (χ4n) is 2.38. The minimum atomic E-state index is -0.0658. The molecule has 3 rings (SSSR count). The lowest BCUT2D eigenvalue weighted by Crippen LogP contribution is -2.12. The number of ether oxygens (including phenoxy) is 2. The molecule has 1 aromatic carbocycles. The summed E-state index contributed by atoms with van der Waals surface area (Å²) in [5.74, 6) is 2.14. The second-order valence-electron chi connectivity index (χ2n) is 5.13. The SMILES string of the molecule is COc1ccc(-c2cn(C(C)c3nncn3C)nn2)cc1OC. The largest absolute Gasteiger partial charge is 0.493 e. The van der Waals surface area contributed by atoms with Crippen LogP contribution in [0.1, 0.15) is 18.8 Å². The highest BCUT2D eigenvalue weighted by Crippen LogP contribution is 2.31. The van der Waals surface area contributed by atoms with Gasteiger partial charge in [0.25, 0.3) is 0 Å². The van der Waals surface area contributed by atoms with Crippen LogP contribution in [0.15, 0.2) is 30.7 Å². The summed E-state index contributed by atoms with van der Waals surface area (Å²) in [7, 11) is 5.11. The van der Waals surface area contributed by atoms with Gasteiger partial charge in [-0.2, -0.15) is 0 Å². The summed E-state index contributed by atoms with van der Waals surface area (Å²) in [5, 5.41) is 16.4. The number of methoxy groups -OCH3 is 2. The first-order chi connectivity index (χ1) is 11.1. The number of aryl methyl sites for hydroxylation is 1. The molecule has 0 amide bonds. The van der Waals surface area contributed by atoms with E-state index in [1.54, 1.807) is 25.2 Å². The van der Waals surface area contributed by atoms with Crippen molar-refractivity contribution in [1.29, 1.82) is 0 Å². The lowest BCUT2D eigenvalue weighted by molar-refractivity contribution is 0.355. The van der Waals surface area contributed by atoms with Crippen LogP contribution in [0, 0.1) is 0 Å². The predicted octanol–water partition coefficient (Wildman–Crippen LogP) is 1.70. The monoisotopic (exact) mass is 314 g/mol. The van der Waals surface area contributed by atoms with Crippen LogP contribution in [-0.4, -0.2) is 44.0 Å². The minimum Gasteiger partial charge on any atom is -0.493 e. The number of benzene rings is 1. The van der Waals surface area contributed by atoms with Gasteiger partial charge in [0.15, 0.2) is 17.3 Å². The van der Waals surface area contributed by atoms with E-state index in [1.165, 1.54) is 0 Å². The van der Waals surface area contributed by atoms with Gasteiger partial charge in [0.2, 0.25) is 0 Å². The van der Waals surface area contributed by atoms with E-state index in [2.05, 4.69) is 20.5 Å². The van der Waals surface area contributed by atoms with Crippen molar-refractivity contribution < 1.29 is 9.47 Å². The van der Waals surface area contributed by atoms with E-state index < -0.39 is 0 Å². The highest BCUT2D eigenvalue weighted by Gasteiger charge is 2.16. The van der Waals surface area contributed by atoms with Crippen molar-refractivity contribution in [1.82, 2.24) is 29.8 Å². The Labute approximate surface area is 133 Å². The predicted molar refractivity (Wildman–Crippen MR) is 83.4 cm³/mol. The topological polar surface area (TPSA) is 79.9 Å². The molecule has 0 aliphatic carbocycles. The van der Waals surface area contributed by atoms with E-state index in [0.717, 1.165) is 17.1 Å². The average molecular weight is 314 g/mol. The Hall–Kier alpha value is -2.90. The Kier molecular flexibility index (Phi) is 3.96. The van der Waals surface area contributed by atoms with Crippen molar-refractivity contribution >= 4 is 0 Å². The molecule has 0 fully saturated rings. The first-order valence-corrected chi connectivity index (χ1v) is 7.12. The maximum absolute atomic E-state index is 5.33. The Bertz CT molecular complexity index is 810. The van der Waals surface area contributed by atoms with Crippen LogP contribution in [0.4, 0.5) is 0 Å². The van der Waals surface area contributed by atoms with Crippen LogP contribution in [0.3, 0.4) is 0 Å². The van der Waals surface area contributed by atoms with Crippen molar-refractivity contribution in [3.05, 3.63) is 36.5 Å². The summed E-state index contributed by atoms with van der Waals surface area (Å²) in [6.45, 7) is 2.00. The van der Waals surface area contributed by atoms with E-state index in [4.69, 9.17) is 9.47 Å². The van der Waals surface area contributed by atoms with Crippen LogP contribution in [0.5, 0.6) is 11.5 Å². The molecule has 8 nitrogen and oxygen atoms in total. The summed E-state index contributed by atoms with van der Waals surface area (Å²) in [5.41, 5.74) is 1.65. The average Bonchev–Trinajstić information content (AvgIpc) is 3.22. The fraction of sp³-hybridized carbons (Fsp3) is 0.333. The molecule has 2 aromatic heterocycles. The molecule has 8 heteroatoms. The number of aromatic nitrogens is 6. The van der Waals surface area contributed by atoms with E-state index in [9.17, 15) is 0 Å². The molecule has 0 N–H and O–H groups in total. The van der Waals surface area contributed by atoms with Crippen molar-refractivity contribution in [3.8, 4) is 22.8 Å². The van der Waals surface area contributed by atoms with Crippen LogP contribution in [0.25, 0.3) is 11.3 Å². The second kappa shape index (κ2) is 6.07. The molecular formula is C15H18N6O2. The van der Waals surface area contributed by atoms with Crippen molar-refractivity contribution in [2.24, 2.45) is 7.05 Å². The Morgan fingerprint density at radius 3 is 2.52 bits per heavy atom. The lowest BCUT2D eigenvalue weighted by atomic mass is 10.1. The first kappa shape index (κ1) is 15.0. The van der Waals surface area contributed by atoms with Gasteiger partial charge in [-0.3, -0.25) is 0 Å². The zero-order valence-electron chi connectivity index (χ0n) is 13.5. The summed E-state index contributed by atoms with van der Waals surface area (Å²) in [6.07, 6.45) is 3.54. The van der Waals surface area contributed by atoms with Crippen molar-refractivity contribution in [2.75, 3.05) is 14.2 Å². The Morgan fingerprint density at radius 1 is 1.09 bits per heavy atom. The molecule has 0 saturated carbocycles. The molecule has 0 spiro atoms. The van der Waals surface area contributed by atoms with Crippen LogP contribution < -0.4 is 9.47 Å². The minimum absolute atomic E-state index is 0.0658. The molecule has 23 heavy (non-hydrogen) atoms. The van der Waals surface area contributed by atoms with Crippen LogP contribution in [-0.2, 0) is 7.05 Å². The molecule has 0 radical (unpaired) electrons. The highest BCUT2D eigenvalue weighted by molar-refractivity contribution is 5.63. The van der Waals surface area contributed by atoms with Gasteiger partial charge in [0.05, 0.1) is 20.4 Å². The molecule has 2 heterocycles. The summed E-state index contributed by atoms with van der Waals surface area (Å²) in [4.78, 5) is 0. The normalized spacial score (nSPS) is 12.2. The molecule has 1 atom stereocenters. The van der Waals surface area contributed by atoms with E-state index in [1.807, 2.05) is 42.9 Å². The van der Waals surface area contributed by atoms with Gasteiger partial charge in [0.1, 0.15) is 18.1 Å². The van der Waals surface area contributed by atoms with Gasteiger partial charge >= 0.3 is 0 Å². The summed E-state index contributed by atoms with van der Waals surface area (Å²) in [6, 6.07) is 5.58. The highest BCUT2D eigenvalue weighted by atomic mass is 16.5. The van der Waals surface area contributed by atoms with Gasteiger partial charge in [0, 0.05) is 12.6 Å². The van der Waals surface area contributed by atoms with E-state index in [0.29, 0.717) is 11.5 Å². The lowest BCUT2D eigenvalue weighted by Gasteiger charge is -2.10. The number of hydrogen-bond acceptors (Lipinski definition) is 6. The number of rotatable bonds is 5. The van der Waals surface area contributed by atoms with Gasteiger partial charge in [-0.15, -0.1) is 15.3 Å². The van der Waals surface area contributed by atoms with E-state index >= 15 is 0 Å². The van der Waals surface area contributed by atoms with Crippen LogP contribution in [0.2, 0.25) is 0 Å². The maximum atomic E-state index is 5.33.